The van der Waals surface area contributed by atoms with E-state index in [1.165, 1.54) is 12.8 Å². The van der Waals surface area contributed by atoms with Crippen molar-refractivity contribution in [1.29, 1.82) is 0 Å². The summed E-state index contributed by atoms with van der Waals surface area (Å²) in [6.45, 7) is 12.0. The van der Waals surface area contributed by atoms with Crippen LogP contribution in [0.3, 0.4) is 0 Å². The summed E-state index contributed by atoms with van der Waals surface area (Å²) in [6, 6.07) is 0.439. The molecule has 2 N–H and O–H groups in total. The second-order valence-corrected chi connectivity index (χ2v) is 9.50. The number of halogens is 1. The number of amides is 1. The monoisotopic (exact) mass is 573 g/mol. The van der Waals surface area contributed by atoms with Gasteiger partial charge in [0.1, 0.15) is 5.76 Å². The second kappa shape index (κ2) is 12.3. The molecule has 1 aromatic heterocycles. The number of aliphatic imine (C=N–C) groups is 1. The Morgan fingerprint density at radius 2 is 1.76 bits per heavy atom. The molecule has 2 saturated heterocycles. The van der Waals surface area contributed by atoms with Crippen molar-refractivity contribution in [2.24, 2.45) is 10.9 Å². The lowest BCUT2D eigenvalue weighted by Gasteiger charge is -2.37. The van der Waals surface area contributed by atoms with E-state index in [1.54, 1.807) is 0 Å². The average Bonchev–Trinajstić information content (AvgIpc) is 3.54. The van der Waals surface area contributed by atoms with Gasteiger partial charge in [-0.15, -0.1) is 24.0 Å². The lowest BCUT2D eigenvalue weighted by Crippen LogP contribution is -2.54. The highest BCUT2D eigenvalue weighted by Gasteiger charge is 2.26. The highest BCUT2D eigenvalue weighted by Crippen LogP contribution is 2.20. The molecular formula is C23H40IN7O2. The topological polar surface area (TPSA) is 89.2 Å². The molecule has 0 unspecified atom stereocenters. The zero-order valence-electron chi connectivity index (χ0n) is 20.3. The van der Waals surface area contributed by atoms with E-state index < -0.39 is 0 Å². The van der Waals surface area contributed by atoms with Crippen LogP contribution >= 0.6 is 24.0 Å². The van der Waals surface area contributed by atoms with Gasteiger partial charge >= 0.3 is 0 Å². The van der Waals surface area contributed by atoms with Crippen LogP contribution in [0.5, 0.6) is 0 Å². The zero-order valence-corrected chi connectivity index (χ0v) is 22.6. The Kier molecular flexibility index (Phi) is 9.81. The molecule has 3 fully saturated rings. The number of hydrogen-bond acceptors (Lipinski definition) is 6. The number of carbonyl (C=O) groups excluding carboxylic acids is 1. The van der Waals surface area contributed by atoms with Crippen molar-refractivity contribution >= 4 is 35.8 Å². The smallest absolute Gasteiger partial charge is 0.234 e. The summed E-state index contributed by atoms with van der Waals surface area (Å²) in [4.78, 5) is 28.1. The Balaban J connectivity index is 0.00000306. The van der Waals surface area contributed by atoms with Crippen LogP contribution in [0.15, 0.2) is 9.41 Å². The van der Waals surface area contributed by atoms with Crippen LogP contribution in [0.2, 0.25) is 0 Å². The maximum absolute atomic E-state index is 12.0. The van der Waals surface area contributed by atoms with Crippen LogP contribution in [-0.4, -0.2) is 97.0 Å². The van der Waals surface area contributed by atoms with E-state index in [0.29, 0.717) is 18.5 Å². The molecule has 1 aromatic rings. The van der Waals surface area contributed by atoms with Crippen molar-refractivity contribution in [3.63, 3.8) is 0 Å². The van der Waals surface area contributed by atoms with Gasteiger partial charge in [-0.1, -0.05) is 0 Å². The molecule has 0 aromatic carbocycles. The Bertz CT molecular complexity index is 775. The van der Waals surface area contributed by atoms with Gasteiger partial charge in [0.25, 0.3) is 0 Å². The second-order valence-electron chi connectivity index (χ2n) is 9.50. The van der Waals surface area contributed by atoms with Gasteiger partial charge in [0.05, 0.1) is 18.8 Å². The number of guanidine groups is 1. The first kappa shape index (κ1) is 26.2. The predicted octanol–water partition coefficient (Wildman–Crippen LogP) is 1.59. The molecule has 1 amide bonds. The molecule has 1 saturated carbocycles. The number of oxazole rings is 1. The van der Waals surface area contributed by atoms with E-state index >= 15 is 0 Å². The maximum Gasteiger partial charge on any atom is 0.234 e. The molecule has 0 spiro atoms. The number of nitrogens with one attached hydrogen (secondary N) is 2. The van der Waals surface area contributed by atoms with Crippen molar-refractivity contribution in [2.75, 3.05) is 59.4 Å². The van der Waals surface area contributed by atoms with E-state index in [4.69, 9.17) is 4.42 Å². The Labute approximate surface area is 214 Å². The van der Waals surface area contributed by atoms with Crippen LogP contribution in [0, 0.1) is 19.8 Å². The lowest BCUT2D eigenvalue weighted by molar-refractivity contribution is -0.122. The summed E-state index contributed by atoms with van der Waals surface area (Å²) >= 11 is 0. The van der Waals surface area contributed by atoms with Crippen LogP contribution in [0.25, 0.3) is 0 Å². The van der Waals surface area contributed by atoms with Gasteiger partial charge in [-0.2, -0.15) is 0 Å². The molecule has 0 atom stereocenters. The summed E-state index contributed by atoms with van der Waals surface area (Å²) in [6.07, 6.45) is 4.63. The van der Waals surface area contributed by atoms with E-state index in [9.17, 15) is 4.79 Å². The number of nitrogens with zero attached hydrogens (tertiary/aromatic N) is 5. The van der Waals surface area contributed by atoms with Crippen LogP contribution < -0.4 is 10.6 Å². The molecule has 2 aliphatic heterocycles. The lowest BCUT2D eigenvalue weighted by atomic mass is 9.97. The number of hydrogen-bond donors (Lipinski definition) is 2. The fraction of sp³-hybridized carbons (Fsp3) is 0.783. The SMILES string of the molecule is CN=C(NCC1CCN(Cc2nc(C)c(C)o2)CC1)N1CCN(CC(=O)NC2CC2)CC1.I. The summed E-state index contributed by atoms with van der Waals surface area (Å²) in [5, 5.41) is 6.68. The molecule has 4 rings (SSSR count). The molecule has 33 heavy (non-hydrogen) atoms. The van der Waals surface area contributed by atoms with Crippen molar-refractivity contribution in [2.45, 2.75) is 52.1 Å². The van der Waals surface area contributed by atoms with Gasteiger partial charge in [0.2, 0.25) is 11.8 Å². The number of carbonyl (C=O) groups is 1. The molecule has 1 aliphatic carbocycles. The molecule has 186 valence electrons. The van der Waals surface area contributed by atoms with Gasteiger partial charge in [-0.25, -0.2) is 4.98 Å². The number of piperazine rings is 1. The number of aryl methyl sites for hydroxylation is 2. The van der Waals surface area contributed by atoms with Crippen molar-refractivity contribution in [1.82, 2.24) is 30.3 Å². The van der Waals surface area contributed by atoms with E-state index in [-0.39, 0.29) is 29.9 Å². The minimum Gasteiger partial charge on any atom is -0.444 e. The summed E-state index contributed by atoms with van der Waals surface area (Å²) in [5.41, 5.74) is 0.993. The fourth-order valence-electron chi connectivity index (χ4n) is 4.54. The van der Waals surface area contributed by atoms with Gasteiger partial charge in [0.15, 0.2) is 5.96 Å². The molecule has 10 heteroatoms. The minimum atomic E-state index is 0. The largest absolute Gasteiger partial charge is 0.444 e. The van der Waals surface area contributed by atoms with Crippen molar-refractivity contribution < 1.29 is 9.21 Å². The third kappa shape index (κ3) is 7.81. The molecule has 3 heterocycles. The zero-order chi connectivity index (χ0) is 22.5. The Hall–Kier alpha value is -1.40. The maximum atomic E-state index is 12.0. The Morgan fingerprint density at radius 3 is 2.33 bits per heavy atom. The van der Waals surface area contributed by atoms with E-state index in [2.05, 4.69) is 35.3 Å². The normalized spacial score (nSPS) is 21.1. The quantitative estimate of drug-likeness (QED) is 0.291. The van der Waals surface area contributed by atoms with Crippen molar-refractivity contribution in [3.05, 3.63) is 17.3 Å². The first-order chi connectivity index (χ1) is 15.5. The number of piperidine rings is 1. The predicted molar refractivity (Wildman–Crippen MR) is 140 cm³/mol. The van der Waals surface area contributed by atoms with Crippen LogP contribution in [0.4, 0.5) is 0 Å². The number of rotatable bonds is 7. The summed E-state index contributed by atoms with van der Waals surface area (Å²) in [7, 11) is 1.86. The number of aromatic nitrogens is 1. The van der Waals surface area contributed by atoms with Gasteiger partial charge in [0, 0.05) is 45.8 Å². The van der Waals surface area contributed by atoms with Crippen LogP contribution in [0.1, 0.15) is 43.0 Å². The molecule has 3 aliphatic rings. The Morgan fingerprint density at radius 1 is 1.06 bits per heavy atom. The minimum absolute atomic E-state index is 0. The van der Waals surface area contributed by atoms with E-state index in [1.807, 2.05) is 20.9 Å². The number of likely N-dealkylation sites (tertiary alicyclic amines) is 1. The molecule has 0 bridgehead atoms. The van der Waals surface area contributed by atoms with Crippen LogP contribution in [-0.2, 0) is 11.3 Å². The molecule has 0 radical (unpaired) electrons. The third-order valence-electron chi connectivity index (χ3n) is 6.88. The van der Waals surface area contributed by atoms with Gasteiger partial charge < -0.3 is 20.0 Å². The molecular weight excluding hydrogens is 533 g/mol. The van der Waals surface area contributed by atoms with Crippen molar-refractivity contribution in [3.8, 4) is 0 Å². The standard InChI is InChI=1S/C23H39N7O2.HI/c1-17-18(2)32-22(26-17)16-28-8-6-19(7-9-28)14-25-23(24-3)30-12-10-29(11-13-30)15-21(31)27-20-4-5-20;/h19-20H,4-16H2,1-3H3,(H,24,25)(H,27,31);1H. The molecule has 9 nitrogen and oxygen atoms in total. The fourth-order valence-corrected chi connectivity index (χ4v) is 4.54. The first-order valence-corrected chi connectivity index (χ1v) is 12.1. The summed E-state index contributed by atoms with van der Waals surface area (Å²) < 4.78 is 5.74. The van der Waals surface area contributed by atoms with Gasteiger partial charge in [-0.3, -0.25) is 19.6 Å². The highest BCUT2D eigenvalue weighted by atomic mass is 127. The first-order valence-electron chi connectivity index (χ1n) is 12.1. The average molecular weight is 574 g/mol. The van der Waals surface area contributed by atoms with E-state index in [0.717, 1.165) is 88.5 Å². The third-order valence-corrected chi connectivity index (χ3v) is 6.88. The summed E-state index contributed by atoms with van der Waals surface area (Å²) in [5.74, 6) is 3.57. The van der Waals surface area contributed by atoms with Gasteiger partial charge in [-0.05, 0) is 58.5 Å². The highest BCUT2D eigenvalue weighted by molar-refractivity contribution is 14.0.